The quantitative estimate of drug-likeness (QED) is 0.396. The largest absolute Gasteiger partial charge is 0.416 e. The lowest BCUT2D eigenvalue weighted by Gasteiger charge is -2.53. The fourth-order valence-electron chi connectivity index (χ4n) is 7.52. The van der Waals surface area contributed by atoms with Gasteiger partial charge in [-0.2, -0.15) is 26.3 Å². The van der Waals surface area contributed by atoms with E-state index in [9.17, 15) is 31.1 Å². The predicted molar refractivity (Wildman–Crippen MR) is 131 cm³/mol. The average Bonchev–Trinajstić information content (AvgIpc) is 3.20. The molecule has 1 aliphatic carbocycles. The highest BCUT2D eigenvalue weighted by Crippen LogP contribution is 2.50. The summed E-state index contributed by atoms with van der Waals surface area (Å²) in [6.07, 6.45) is -5.23. The third kappa shape index (κ3) is 5.71. The number of halogens is 6. The first-order valence-corrected chi connectivity index (χ1v) is 13.8. The van der Waals surface area contributed by atoms with Crippen molar-refractivity contribution in [1.82, 2.24) is 14.7 Å². The van der Waals surface area contributed by atoms with Crippen LogP contribution in [0.5, 0.6) is 0 Å². The van der Waals surface area contributed by atoms with Gasteiger partial charge in [-0.1, -0.05) is 26.0 Å². The van der Waals surface area contributed by atoms with Crippen molar-refractivity contribution in [2.75, 3.05) is 19.6 Å². The van der Waals surface area contributed by atoms with Crippen molar-refractivity contribution in [3.63, 3.8) is 0 Å². The summed E-state index contributed by atoms with van der Waals surface area (Å²) in [5, 5.41) is 0. The molecule has 38 heavy (non-hydrogen) atoms. The average molecular weight is 546 g/mol. The van der Waals surface area contributed by atoms with Gasteiger partial charge in [0.2, 0.25) is 5.91 Å². The maximum absolute atomic E-state index is 13.1. The van der Waals surface area contributed by atoms with Crippen molar-refractivity contribution in [1.29, 1.82) is 0 Å². The van der Waals surface area contributed by atoms with Gasteiger partial charge in [-0.05, 0) is 61.1 Å². The Kier molecular flexibility index (Phi) is 7.52. The summed E-state index contributed by atoms with van der Waals surface area (Å²) < 4.78 is 77.5. The minimum atomic E-state index is -4.40. The molecule has 5 rings (SSSR count). The highest BCUT2D eigenvalue weighted by Gasteiger charge is 2.54. The van der Waals surface area contributed by atoms with Gasteiger partial charge in [0.05, 0.1) is 12.0 Å². The molecule has 4 aliphatic rings. The van der Waals surface area contributed by atoms with E-state index >= 15 is 0 Å². The SMILES string of the molecule is CC(C)[C@H]1CC2C[C@H](N(Cc3ccc(C(F)(F)F)cc3)C3CN(CCC(F)(F)F)C3)C[C@H]3CCC(=O)N1C23. The second-order valence-corrected chi connectivity index (χ2v) is 12.2. The summed E-state index contributed by atoms with van der Waals surface area (Å²) in [4.78, 5) is 19.2. The van der Waals surface area contributed by atoms with Crippen LogP contribution in [-0.4, -0.2) is 70.6 Å². The van der Waals surface area contributed by atoms with Crippen LogP contribution in [0.1, 0.15) is 63.5 Å². The molecule has 4 nitrogen and oxygen atoms in total. The molecule has 2 unspecified atom stereocenters. The molecule has 3 saturated heterocycles. The third-order valence-corrected chi connectivity index (χ3v) is 9.36. The number of rotatable bonds is 7. The van der Waals surface area contributed by atoms with E-state index in [1.165, 1.54) is 12.1 Å². The molecule has 10 heteroatoms. The zero-order valence-electron chi connectivity index (χ0n) is 21.9. The Morgan fingerprint density at radius 2 is 1.61 bits per heavy atom. The summed E-state index contributed by atoms with van der Waals surface area (Å²) in [6, 6.07) is 6.02. The maximum atomic E-state index is 13.1. The molecule has 0 aromatic heterocycles. The van der Waals surface area contributed by atoms with Gasteiger partial charge >= 0.3 is 12.4 Å². The smallest absolute Gasteiger partial charge is 0.336 e. The minimum absolute atomic E-state index is 0.0285. The molecule has 212 valence electrons. The predicted octanol–water partition coefficient (Wildman–Crippen LogP) is 5.96. The van der Waals surface area contributed by atoms with E-state index in [0.717, 1.165) is 43.4 Å². The Morgan fingerprint density at radius 3 is 2.21 bits per heavy atom. The van der Waals surface area contributed by atoms with Crippen LogP contribution in [0.4, 0.5) is 26.3 Å². The number of nitrogens with zero attached hydrogens (tertiary/aromatic N) is 3. The molecule has 5 atom stereocenters. The van der Waals surface area contributed by atoms with Crippen molar-refractivity contribution >= 4 is 5.91 Å². The molecule has 0 spiro atoms. The third-order valence-electron chi connectivity index (χ3n) is 9.36. The van der Waals surface area contributed by atoms with Gasteiger partial charge in [-0.15, -0.1) is 0 Å². The number of piperidine rings is 1. The molecule has 3 aliphatic heterocycles. The second kappa shape index (κ2) is 10.3. The summed E-state index contributed by atoms with van der Waals surface area (Å²) in [7, 11) is 0. The number of hydrogen-bond acceptors (Lipinski definition) is 3. The van der Waals surface area contributed by atoms with E-state index in [0.29, 0.717) is 43.8 Å². The zero-order chi connectivity index (χ0) is 27.4. The standard InChI is InChI=1S/C28H37F6N3O/c1-17(2)24-13-20-12-22(11-19-5-8-25(38)37(24)26(19)20)36(23-15-35(16-23)10-9-27(29,30)31)14-18-3-6-21(7-4-18)28(32,33)34/h3-4,6-7,17,19-20,22-24,26H,5,8-16H2,1-2H3/t19-,20?,22-,24-,26?/m1/s1. The number of carbonyl (C=O) groups is 1. The zero-order valence-corrected chi connectivity index (χ0v) is 21.9. The topological polar surface area (TPSA) is 26.8 Å². The number of alkyl halides is 6. The Morgan fingerprint density at radius 1 is 0.947 bits per heavy atom. The number of benzene rings is 1. The van der Waals surface area contributed by atoms with Crippen LogP contribution in [0, 0.1) is 17.8 Å². The lowest BCUT2D eigenvalue weighted by Crippen LogP contribution is -2.63. The number of likely N-dealkylation sites (tertiary alicyclic amines) is 1. The first-order chi connectivity index (χ1) is 17.8. The van der Waals surface area contributed by atoms with Gasteiger partial charge in [0, 0.05) is 56.8 Å². The van der Waals surface area contributed by atoms with Gasteiger partial charge in [-0.3, -0.25) is 14.6 Å². The molecule has 1 aromatic rings. The highest BCUT2D eigenvalue weighted by molar-refractivity contribution is 5.78. The Bertz CT molecular complexity index is 988. The van der Waals surface area contributed by atoms with Crippen LogP contribution in [0.3, 0.4) is 0 Å². The van der Waals surface area contributed by atoms with E-state index in [1.807, 2.05) is 4.90 Å². The monoisotopic (exact) mass is 545 g/mol. The Balaban J connectivity index is 1.34. The second-order valence-electron chi connectivity index (χ2n) is 12.2. The van der Waals surface area contributed by atoms with Gasteiger partial charge in [0.15, 0.2) is 0 Å². The van der Waals surface area contributed by atoms with Gasteiger partial charge in [-0.25, -0.2) is 0 Å². The first-order valence-electron chi connectivity index (χ1n) is 13.8. The Labute approximate surface area is 220 Å². The van der Waals surface area contributed by atoms with Crippen molar-refractivity contribution < 1.29 is 31.1 Å². The van der Waals surface area contributed by atoms with Crippen LogP contribution in [0.15, 0.2) is 24.3 Å². The molecule has 4 fully saturated rings. The normalized spacial score (nSPS) is 30.7. The minimum Gasteiger partial charge on any atom is -0.336 e. The Hall–Kier alpha value is -1.81. The van der Waals surface area contributed by atoms with Gasteiger partial charge in [0.25, 0.3) is 0 Å². The molecule has 0 N–H and O–H groups in total. The first kappa shape index (κ1) is 27.7. The fraction of sp³-hybridized carbons (Fsp3) is 0.750. The van der Waals surface area contributed by atoms with Crippen molar-refractivity contribution in [2.45, 2.75) is 95.4 Å². The summed E-state index contributed by atoms with van der Waals surface area (Å²) in [5.41, 5.74) is 0.0914. The van der Waals surface area contributed by atoms with Crippen molar-refractivity contribution in [3.8, 4) is 0 Å². The summed E-state index contributed by atoms with van der Waals surface area (Å²) in [6.45, 7) is 5.84. The molecule has 0 bridgehead atoms. The lowest BCUT2D eigenvalue weighted by atomic mass is 9.70. The van der Waals surface area contributed by atoms with Crippen molar-refractivity contribution in [2.24, 2.45) is 17.8 Å². The van der Waals surface area contributed by atoms with Crippen LogP contribution < -0.4 is 0 Å². The van der Waals surface area contributed by atoms with E-state index in [-0.39, 0.29) is 36.6 Å². The molecule has 0 radical (unpaired) electrons. The molecular formula is C28H37F6N3O. The lowest BCUT2D eigenvalue weighted by molar-refractivity contribution is -0.144. The molecule has 1 saturated carbocycles. The van der Waals surface area contributed by atoms with Crippen LogP contribution in [0.25, 0.3) is 0 Å². The van der Waals surface area contributed by atoms with Crippen LogP contribution >= 0.6 is 0 Å². The van der Waals surface area contributed by atoms with Crippen molar-refractivity contribution in [3.05, 3.63) is 35.4 Å². The maximum Gasteiger partial charge on any atom is 0.416 e. The number of amides is 1. The molecule has 3 heterocycles. The van der Waals surface area contributed by atoms with Crippen LogP contribution in [-0.2, 0) is 17.5 Å². The molecule has 1 aromatic carbocycles. The fourth-order valence-corrected chi connectivity index (χ4v) is 7.52. The molecular weight excluding hydrogens is 508 g/mol. The summed E-state index contributed by atoms with van der Waals surface area (Å²) >= 11 is 0. The van der Waals surface area contributed by atoms with E-state index < -0.39 is 24.3 Å². The van der Waals surface area contributed by atoms with E-state index in [4.69, 9.17) is 0 Å². The van der Waals surface area contributed by atoms with Gasteiger partial charge in [0.1, 0.15) is 0 Å². The number of carbonyl (C=O) groups excluding carboxylic acids is 1. The van der Waals surface area contributed by atoms with E-state index in [1.54, 1.807) is 0 Å². The van der Waals surface area contributed by atoms with Gasteiger partial charge < -0.3 is 4.90 Å². The van der Waals surface area contributed by atoms with E-state index in [2.05, 4.69) is 23.6 Å². The number of hydrogen-bond donors (Lipinski definition) is 0. The summed E-state index contributed by atoms with van der Waals surface area (Å²) in [5.74, 6) is 1.40. The molecule has 1 amide bonds. The highest BCUT2D eigenvalue weighted by atomic mass is 19.4. The van der Waals surface area contributed by atoms with Crippen LogP contribution in [0.2, 0.25) is 0 Å².